The molecule has 2 amide bonds. The number of amides is 2. The Bertz CT molecular complexity index is 1020. The molecular weight excluding hydrogens is 468 g/mol. The van der Waals surface area contributed by atoms with Crippen LogP contribution in [0.4, 0.5) is 0 Å². The Hall–Kier alpha value is -2.92. The summed E-state index contributed by atoms with van der Waals surface area (Å²) in [4.78, 5) is 28.4. The highest BCUT2D eigenvalue weighted by Crippen LogP contribution is 2.22. The van der Waals surface area contributed by atoms with Gasteiger partial charge in [0.25, 0.3) is 5.91 Å². The van der Waals surface area contributed by atoms with Crippen LogP contribution in [0.15, 0.2) is 39.6 Å². The van der Waals surface area contributed by atoms with E-state index in [2.05, 4.69) is 41.8 Å². The summed E-state index contributed by atoms with van der Waals surface area (Å²) in [5.41, 5.74) is 0.304. The second kappa shape index (κ2) is 9.52. The summed E-state index contributed by atoms with van der Waals surface area (Å²) in [7, 11) is 1.46. The van der Waals surface area contributed by atoms with Crippen LogP contribution in [-0.2, 0) is 6.54 Å². The molecule has 3 aromatic rings. The molecule has 0 aliphatic carbocycles. The van der Waals surface area contributed by atoms with Gasteiger partial charge in [0, 0.05) is 24.3 Å². The van der Waals surface area contributed by atoms with Crippen molar-refractivity contribution in [1.82, 2.24) is 30.6 Å². The minimum absolute atomic E-state index is 0.164. The number of benzene rings is 1. The fourth-order valence-corrected chi connectivity index (χ4v) is 2.86. The zero-order valence-electron chi connectivity index (χ0n) is 15.2. The Morgan fingerprint density at radius 3 is 2.72 bits per heavy atom. The standard InChI is InChI=1S/C17H16BrClN6O4/c1-28-13-3-2-11(19)6-12(13)15(26)20-4-5-21-16(27)17-23-14(24-29-17)9-25-8-10(18)7-22-25/h2-3,6-8H,4-5,9H2,1H3,(H,20,26)(H,21,27). The molecule has 10 nitrogen and oxygen atoms in total. The maximum Gasteiger partial charge on any atom is 0.316 e. The zero-order chi connectivity index (χ0) is 20.8. The molecule has 0 saturated heterocycles. The van der Waals surface area contributed by atoms with E-state index < -0.39 is 5.91 Å². The molecule has 0 atom stereocenters. The van der Waals surface area contributed by atoms with E-state index in [1.807, 2.05) is 0 Å². The van der Waals surface area contributed by atoms with Gasteiger partial charge >= 0.3 is 11.8 Å². The predicted molar refractivity (Wildman–Crippen MR) is 106 cm³/mol. The molecule has 0 unspecified atom stereocenters. The largest absolute Gasteiger partial charge is 0.496 e. The van der Waals surface area contributed by atoms with E-state index in [1.165, 1.54) is 13.2 Å². The van der Waals surface area contributed by atoms with Gasteiger partial charge in [-0.1, -0.05) is 16.8 Å². The lowest BCUT2D eigenvalue weighted by atomic mass is 10.2. The van der Waals surface area contributed by atoms with Gasteiger partial charge in [-0.25, -0.2) is 0 Å². The van der Waals surface area contributed by atoms with Crippen LogP contribution in [-0.4, -0.2) is 51.9 Å². The van der Waals surface area contributed by atoms with Gasteiger partial charge in [-0.05, 0) is 34.1 Å². The number of carbonyl (C=O) groups is 2. The predicted octanol–water partition coefficient (Wildman–Crippen LogP) is 1.90. The molecule has 0 saturated carbocycles. The van der Waals surface area contributed by atoms with Crippen molar-refractivity contribution < 1.29 is 18.8 Å². The van der Waals surface area contributed by atoms with Crippen LogP contribution in [0.3, 0.4) is 0 Å². The van der Waals surface area contributed by atoms with Crippen LogP contribution in [0.25, 0.3) is 0 Å². The number of hydrogen-bond donors (Lipinski definition) is 2. The quantitative estimate of drug-likeness (QED) is 0.469. The summed E-state index contributed by atoms with van der Waals surface area (Å²) in [6.45, 7) is 0.611. The van der Waals surface area contributed by atoms with Gasteiger partial charge in [0.15, 0.2) is 5.82 Å². The van der Waals surface area contributed by atoms with Crippen LogP contribution in [0.1, 0.15) is 26.9 Å². The normalized spacial score (nSPS) is 10.6. The number of halogens is 2. The summed E-state index contributed by atoms with van der Waals surface area (Å²) >= 11 is 9.21. The average molecular weight is 484 g/mol. The Kier molecular flexibility index (Phi) is 6.83. The van der Waals surface area contributed by atoms with Crippen molar-refractivity contribution in [1.29, 1.82) is 0 Å². The van der Waals surface area contributed by atoms with Crippen molar-refractivity contribution in [3.63, 3.8) is 0 Å². The van der Waals surface area contributed by atoms with E-state index in [4.69, 9.17) is 20.9 Å². The molecule has 12 heteroatoms. The Labute approximate surface area is 178 Å². The highest BCUT2D eigenvalue weighted by Gasteiger charge is 2.16. The van der Waals surface area contributed by atoms with Gasteiger partial charge in [-0.15, -0.1) is 0 Å². The molecule has 152 valence electrons. The van der Waals surface area contributed by atoms with E-state index >= 15 is 0 Å². The number of methoxy groups -OCH3 is 1. The number of rotatable bonds is 8. The van der Waals surface area contributed by atoms with Crippen molar-refractivity contribution in [3.05, 3.63) is 57.4 Å². The smallest absolute Gasteiger partial charge is 0.316 e. The molecule has 0 spiro atoms. The van der Waals surface area contributed by atoms with Crippen molar-refractivity contribution in [2.75, 3.05) is 20.2 Å². The molecule has 0 aliphatic heterocycles. The Morgan fingerprint density at radius 2 is 2.03 bits per heavy atom. The third-order valence-corrected chi connectivity index (χ3v) is 4.31. The van der Waals surface area contributed by atoms with E-state index in [0.29, 0.717) is 22.2 Å². The minimum Gasteiger partial charge on any atom is -0.496 e. The zero-order valence-corrected chi connectivity index (χ0v) is 17.5. The van der Waals surface area contributed by atoms with E-state index in [-0.39, 0.29) is 31.4 Å². The van der Waals surface area contributed by atoms with Gasteiger partial charge in [0.2, 0.25) is 0 Å². The van der Waals surface area contributed by atoms with E-state index in [0.717, 1.165) is 4.47 Å². The second-order valence-corrected chi connectivity index (χ2v) is 7.08. The van der Waals surface area contributed by atoms with Crippen LogP contribution in [0.5, 0.6) is 5.75 Å². The molecule has 2 aromatic heterocycles. The van der Waals surface area contributed by atoms with Crippen molar-refractivity contribution in [2.45, 2.75) is 6.54 Å². The lowest BCUT2D eigenvalue weighted by Gasteiger charge is -2.09. The van der Waals surface area contributed by atoms with Crippen LogP contribution in [0, 0.1) is 0 Å². The van der Waals surface area contributed by atoms with Gasteiger partial charge in [-0.2, -0.15) is 10.1 Å². The van der Waals surface area contributed by atoms with Gasteiger partial charge < -0.3 is 19.9 Å². The van der Waals surface area contributed by atoms with Gasteiger partial charge in [0.1, 0.15) is 12.3 Å². The third kappa shape index (κ3) is 5.55. The number of ether oxygens (including phenoxy) is 1. The molecule has 0 aliphatic rings. The molecule has 0 radical (unpaired) electrons. The van der Waals surface area contributed by atoms with Gasteiger partial charge in [-0.3, -0.25) is 14.3 Å². The van der Waals surface area contributed by atoms with Crippen molar-refractivity contribution in [2.24, 2.45) is 0 Å². The van der Waals surface area contributed by atoms with Crippen LogP contribution in [0.2, 0.25) is 5.02 Å². The fraction of sp³-hybridized carbons (Fsp3) is 0.235. The highest BCUT2D eigenvalue weighted by atomic mass is 79.9. The number of nitrogens with one attached hydrogen (secondary N) is 2. The molecule has 0 bridgehead atoms. The summed E-state index contributed by atoms with van der Waals surface area (Å²) in [6, 6.07) is 4.74. The number of carbonyl (C=O) groups excluding carboxylic acids is 2. The SMILES string of the molecule is COc1ccc(Cl)cc1C(=O)NCCNC(=O)c1nc(Cn2cc(Br)cn2)no1. The first kappa shape index (κ1) is 20.8. The maximum absolute atomic E-state index is 12.3. The maximum atomic E-state index is 12.3. The molecular formula is C17H16BrClN6O4. The topological polar surface area (TPSA) is 124 Å². The second-order valence-electron chi connectivity index (χ2n) is 5.73. The minimum atomic E-state index is -0.542. The summed E-state index contributed by atoms with van der Waals surface area (Å²) in [5.74, 6) is -0.372. The number of aromatic nitrogens is 4. The van der Waals surface area contributed by atoms with Crippen molar-refractivity contribution in [3.8, 4) is 5.75 Å². The molecule has 1 aromatic carbocycles. The lowest BCUT2D eigenvalue weighted by molar-refractivity contribution is 0.0897. The first-order chi connectivity index (χ1) is 14.0. The van der Waals surface area contributed by atoms with Crippen LogP contribution >= 0.6 is 27.5 Å². The first-order valence-electron chi connectivity index (χ1n) is 8.36. The summed E-state index contributed by atoms with van der Waals surface area (Å²) < 4.78 is 12.5. The molecule has 2 N–H and O–H groups in total. The molecule has 3 rings (SSSR count). The Morgan fingerprint density at radius 1 is 1.28 bits per heavy atom. The highest BCUT2D eigenvalue weighted by molar-refractivity contribution is 9.10. The lowest BCUT2D eigenvalue weighted by Crippen LogP contribution is -2.35. The Balaban J connectivity index is 1.47. The molecule has 29 heavy (non-hydrogen) atoms. The summed E-state index contributed by atoms with van der Waals surface area (Å²) in [6.07, 6.45) is 3.37. The fourth-order valence-electron chi connectivity index (χ4n) is 2.36. The number of nitrogens with zero attached hydrogens (tertiary/aromatic N) is 4. The van der Waals surface area contributed by atoms with Crippen LogP contribution < -0.4 is 15.4 Å². The average Bonchev–Trinajstić information content (AvgIpc) is 3.34. The summed E-state index contributed by atoms with van der Waals surface area (Å²) in [5, 5.41) is 13.5. The molecule has 2 heterocycles. The van der Waals surface area contributed by atoms with E-state index in [1.54, 1.807) is 29.2 Å². The monoisotopic (exact) mass is 482 g/mol. The molecule has 0 fully saturated rings. The van der Waals surface area contributed by atoms with Crippen molar-refractivity contribution >= 4 is 39.3 Å². The van der Waals surface area contributed by atoms with Gasteiger partial charge in [0.05, 0.1) is 23.3 Å². The number of hydrogen-bond acceptors (Lipinski definition) is 7. The van der Waals surface area contributed by atoms with E-state index in [9.17, 15) is 9.59 Å². The third-order valence-electron chi connectivity index (χ3n) is 3.67. The first-order valence-corrected chi connectivity index (χ1v) is 9.54.